The van der Waals surface area contributed by atoms with Crippen molar-refractivity contribution in [3.8, 4) is 0 Å². The first kappa shape index (κ1) is 23.7. The Hall–Kier alpha value is -2.36. The summed E-state index contributed by atoms with van der Waals surface area (Å²) in [6, 6.07) is 1.69. The van der Waals surface area contributed by atoms with E-state index in [9.17, 15) is 9.59 Å². The van der Waals surface area contributed by atoms with Crippen LogP contribution in [0.2, 0.25) is 0 Å². The van der Waals surface area contributed by atoms with Gasteiger partial charge in [-0.3, -0.25) is 14.2 Å². The van der Waals surface area contributed by atoms with Crippen LogP contribution in [0, 0.1) is 0 Å². The Morgan fingerprint density at radius 3 is 2.14 bits per heavy atom. The van der Waals surface area contributed by atoms with Gasteiger partial charge in [0.25, 0.3) is 0 Å². The summed E-state index contributed by atoms with van der Waals surface area (Å²) < 4.78 is 1.50. The van der Waals surface area contributed by atoms with E-state index in [-0.39, 0.29) is 12.3 Å². The zero-order chi connectivity index (χ0) is 20.5. The minimum atomic E-state index is -0.884. The molecular weight excluding hydrogens is 350 g/mol. The largest absolute Gasteiger partial charge is 0.481 e. The molecule has 0 saturated heterocycles. The highest BCUT2D eigenvalue weighted by atomic mass is 16.4. The number of unbranched alkanes of at least 4 members (excludes halogenated alkanes) is 5. The second-order valence-electron chi connectivity index (χ2n) is 7.02. The Bertz CT molecular complexity index is 653. The van der Waals surface area contributed by atoms with Gasteiger partial charge in [0, 0.05) is 18.8 Å². The van der Waals surface area contributed by atoms with Gasteiger partial charge < -0.3 is 5.11 Å². The molecule has 0 aliphatic rings. The highest BCUT2D eigenvalue weighted by Crippen LogP contribution is 2.07. The molecule has 1 N–H and O–H groups in total. The Morgan fingerprint density at radius 1 is 0.929 bits per heavy atom. The van der Waals surface area contributed by atoms with Gasteiger partial charge in [0.05, 0.1) is 6.42 Å². The second kappa shape index (κ2) is 15.7. The minimum absolute atomic E-state index is 0.0197. The van der Waals surface area contributed by atoms with E-state index < -0.39 is 5.97 Å². The van der Waals surface area contributed by atoms with Crippen molar-refractivity contribution in [1.82, 2.24) is 4.57 Å². The van der Waals surface area contributed by atoms with E-state index in [1.54, 1.807) is 18.5 Å². The van der Waals surface area contributed by atoms with Crippen LogP contribution in [0.4, 0.5) is 0 Å². The molecule has 0 aromatic carbocycles. The third kappa shape index (κ3) is 12.1. The Morgan fingerprint density at radius 2 is 1.54 bits per heavy atom. The zero-order valence-corrected chi connectivity index (χ0v) is 17.2. The van der Waals surface area contributed by atoms with Crippen molar-refractivity contribution < 1.29 is 14.7 Å². The van der Waals surface area contributed by atoms with Crippen molar-refractivity contribution in [2.45, 2.75) is 77.6 Å². The number of hydrogen-bond donors (Lipinski definition) is 1. The van der Waals surface area contributed by atoms with E-state index in [2.05, 4.69) is 43.4 Å². The summed E-state index contributed by atoms with van der Waals surface area (Å²) in [7, 11) is 0. The fourth-order valence-corrected chi connectivity index (χ4v) is 2.83. The normalized spacial score (nSPS) is 11.9. The molecule has 1 rings (SSSR count). The maximum absolute atomic E-state index is 12.1. The molecule has 0 radical (unpaired) electrons. The van der Waals surface area contributed by atoms with Crippen molar-refractivity contribution in [3.63, 3.8) is 0 Å². The summed E-state index contributed by atoms with van der Waals surface area (Å²) in [5.41, 5.74) is 0.656. The predicted molar refractivity (Wildman–Crippen MR) is 116 cm³/mol. The molecule has 4 nitrogen and oxygen atoms in total. The minimum Gasteiger partial charge on any atom is -0.481 e. The van der Waals surface area contributed by atoms with Crippen LogP contribution in [0.25, 0.3) is 0 Å². The van der Waals surface area contributed by atoms with E-state index >= 15 is 0 Å². The molecule has 0 atom stereocenters. The van der Waals surface area contributed by atoms with Gasteiger partial charge in [-0.25, -0.2) is 0 Å². The molecule has 0 unspecified atom stereocenters. The first-order chi connectivity index (χ1) is 13.6. The van der Waals surface area contributed by atoms with Crippen molar-refractivity contribution in [2.24, 2.45) is 0 Å². The molecule has 154 valence electrons. The van der Waals surface area contributed by atoms with Crippen LogP contribution in [-0.2, 0) is 11.2 Å². The molecule has 0 aliphatic carbocycles. The van der Waals surface area contributed by atoms with Gasteiger partial charge in [-0.1, -0.05) is 56.2 Å². The van der Waals surface area contributed by atoms with Gasteiger partial charge >= 0.3 is 5.97 Å². The molecule has 1 heterocycles. The summed E-state index contributed by atoms with van der Waals surface area (Å²) in [4.78, 5) is 22.7. The van der Waals surface area contributed by atoms with Gasteiger partial charge in [-0.2, -0.15) is 0 Å². The van der Waals surface area contributed by atoms with Gasteiger partial charge in [0.1, 0.15) is 0 Å². The number of carboxylic acid groups (broad SMARTS) is 1. The van der Waals surface area contributed by atoms with E-state index in [4.69, 9.17) is 5.11 Å². The van der Waals surface area contributed by atoms with E-state index in [1.807, 2.05) is 0 Å². The van der Waals surface area contributed by atoms with Gasteiger partial charge in [0.2, 0.25) is 5.91 Å². The van der Waals surface area contributed by atoms with Crippen LogP contribution in [-0.4, -0.2) is 21.6 Å². The molecular formula is C24H35NO3. The lowest BCUT2D eigenvalue weighted by Crippen LogP contribution is -2.08. The van der Waals surface area contributed by atoms with Crippen LogP contribution < -0.4 is 0 Å². The highest BCUT2D eigenvalue weighted by Gasteiger charge is 2.07. The lowest BCUT2D eigenvalue weighted by molar-refractivity contribution is -0.136. The zero-order valence-electron chi connectivity index (χ0n) is 17.2. The van der Waals surface area contributed by atoms with E-state index in [0.717, 1.165) is 32.1 Å². The lowest BCUT2D eigenvalue weighted by atomic mass is 10.1. The summed E-state index contributed by atoms with van der Waals surface area (Å²) >= 11 is 0. The average molecular weight is 386 g/mol. The molecule has 1 aromatic rings. The lowest BCUT2D eigenvalue weighted by Gasteiger charge is -2.01. The SMILES string of the molecule is CCCCCC=CCC=CCC=CCCCCC(=O)n1ccc(CC(=O)O)c1. The fourth-order valence-electron chi connectivity index (χ4n) is 2.83. The molecule has 0 spiro atoms. The van der Waals surface area contributed by atoms with Crippen molar-refractivity contribution in [3.05, 3.63) is 60.5 Å². The number of aromatic nitrogens is 1. The number of rotatable bonds is 15. The maximum atomic E-state index is 12.1. The molecule has 0 amide bonds. The summed E-state index contributed by atoms with van der Waals surface area (Å²) in [5.74, 6) is -0.864. The number of nitrogens with zero attached hydrogens (tertiary/aromatic N) is 1. The van der Waals surface area contributed by atoms with Gasteiger partial charge in [-0.15, -0.1) is 0 Å². The maximum Gasteiger partial charge on any atom is 0.307 e. The third-order valence-corrected chi connectivity index (χ3v) is 4.43. The highest BCUT2D eigenvalue weighted by molar-refractivity contribution is 5.79. The number of carbonyl (C=O) groups is 2. The third-order valence-electron chi connectivity index (χ3n) is 4.43. The molecule has 0 saturated carbocycles. The van der Waals surface area contributed by atoms with Crippen LogP contribution in [0.1, 0.15) is 81.5 Å². The van der Waals surface area contributed by atoms with Gasteiger partial charge in [0.15, 0.2) is 0 Å². The predicted octanol–water partition coefficient (Wildman–Crippen LogP) is 6.34. The quantitative estimate of drug-likeness (QED) is 0.283. The van der Waals surface area contributed by atoms with Crippen LogP contribution in [0.5, 0.6) is 0 Å². The summed E-state index contributed by atoms with van der Waals surface area (Å²) in [6.45, 7) is 2.23. The number of hydrogen-bond acceptors (Lipinski definition) is 2. The molecule has 0 fully saturated rings. The average Bonchev–Trinajstić information content (AvgIpc) is 3.12. The number of aliphatic carboxylic acids is 1. The van der Waals surface area contributed by atoms with Crippen molar-refractivity contribution >= 4 is 11.9 Å². The summed E-state index contributed by atoms with van der Waals surface area (Å²) in [5, 5.41) is 8.76. The van der Waals surface area contributed by atoms with Gasteiger partial charge in [-0.05, 0) is 56.6 Å². The monoisotopic (exact) mass is 385 g/mol. The smallest absolute Gasteiger partial charge is 0.307 e. The Kier molecular flexibility index (Phi) is 13.3. The Balaban J connectivity index is 2.04. The number of carbonyl (C=O) groups excluding carboxylic acids is 1. The first-order valence-corrected chi connectivity index (χ1v) is 10.5. The molecule has 1 aromatic heterocycles. The van der Waals surface area contributed by atoms with E-state index in [1.165, 1.54) is 30.3 Å². The number of allylic oxidation sites excluding steroid dienone is 6. The molecule has 0 aliphatic heterocycles. The Labute approximate surface area is 169 Å². The van der Waals surface area contributed by atoms with E-state index in [0.29, 0.717) is 12.0 Å². The summed E-state index contributed by atoms with van der Waals surface area (Å²) in [6.07, 6.45) is 26.8. The van der Waals surface area contributed by atoms with Crippen LogP contribution >= 0.6 is 0 Å². The first-order valence-electron chi connectivity index (χ1n) is 10.5. The number of carboxylic acids is 1. The van der Waals surface area contributed by atoms with Crippen LogP contribution in [0.15, 0.2) is 54.9 Å². The molecule has 28 heavy (non-hydrogen) atoms. The van der Waals surface area contributed by atoms with Crippen molar-refractivity contribution in [2.75, 3.05) is 0 Å². The topological polar surface area (TPSA) is 59.3 Å². The molecule has 0 bridgehead atoms. The van der Waals surface area contributed by atoms with Crippen molar-refractivity contribution in [1.29, 1.82) is 0 Å². The van der Waals surface area contributed by atoms with Crippen LogP contribution in [0.3, 0.4) is 0 Å². The standard InChI is InChI=1S/C24H35NO3/c1-2-3-4-5-6-7-8-9-10-11-12-13-14-15-16-17-23(26)25-19-18-22(21-25)20-24(27)28/h6-7,9-10,12-13,18-19,21H,2-5,8,11,14-17,20H2,1H3,(H,27,28). The second-order valence-corrected chi connectivity index (χ2v) is 7.02. The molecule has 4 heteroatoms. The fraction of sp³-hybridized carbons (Fsp3) is 0.500.